The van der Waals surface area contributed by atoms with Crippen LogP contribution in [0.15, 0.2) is 103 Å². The number of imidazole rings is 1. The molecule has 2 saturated heterocycles. The van der Waals surface area contributed by atoms with Crippen molar-refractivity contribution in [1.29, 1.82) is 0 Å². The van der Waals surface area contributed by atoms with Gasteiger partial charge in [-0.1, -0.05) is 62.2 Å². The number of hydrogen-bond donors (Lipinski definition) is 18. The highest BCUT2D eigenvalue weighted by molar-refractivity contribution is 7.99. The molecule has 11 amide bonds. The molecule has 0 spiro atoms. The fourth-order valence-electron chi connectivity index (χ4n) is 12.0. The predicted molar refractivity (Wildman–Crippen MR) is 380 cm³/mol. The molecule has 548 valence electrons. The summed E-state index contributed by atoms with van der Waals surface area (Å²) in [6.45, 7) is 2.13. The summed E-state index contributed by atoms with van der Waals surface area (Å²) in [6, 6.07) is 6.41. The first-order valence-corrected chi connectivity index (χ1v) is 34.5. The molecule has 2 aliphatic heterocycles. The van der Waals surface area contributed by atoms with E-state index in [-0.39, 0.29) is 118 Å². The minimum Gasteiger partial charge on any atom is -0.508 e. The topological polar surface area (TPSA) is 520 Å². The van der Waals surface area contributed by atoms with Crippen LogP contribution in [0, 0.1) is 18.3 Å². The lowest BCUT2D eigenvalue weighted by Gasteiger charge is -2.31. The number of nitrogens with zero attached hydrogens (tertiary/aromatic N) is 4. The van der Waals surface area contributed by atoms with E-state index in [2.05, 4.69) is 84.0 Å². The molecule has 0 aliphatic carbocycles. The first-order valence-electron chi connectivity index (χ1n) is 33.5. The number of benzene rings is 3. The number of likely N-dealkylation sites (tertiary alicyclic amines) is 1. The molecule has 8 rings (SSSR count). The predicted octanol–water partition coefficient (Wildman–Crippen LogP) is -2.11. The summed E-state index contributed by atoms with van der Waals surface area (Å²) >= 11 is 1.08. The van der Waals surface area contributed by atoms with Crippen molar-refractivity contribution in [3.05, 3.63) is 120 Å². The molecule has 34 heteroatoms. The molecule has 0 saturated carbocycles. The standard InChI is InChI=1S/C69H87N19O14S/c1-4-23-75-67(44-19-21-55(91)58-43(44)11-7-24-74-58)103-35-53(65(100)82-48(27-37(2)3)60(95)81-47(13-8-25-76-69(71)72)68(102)88-26-9-14-54(88)66(101)78-33-56(70)92)87-61(96)49(28-38-15-17-41(90)18-16-38)83-64(99)52(34-89)86-62(97)50(29-39-31-77-45-12-6-5-10-42(39)45)84-63(98)51(30-40-32-73-36-79-40)85-59(94)46-20-22-57(93)80-46/h1,5-7,10-12,15-19,21,24,31-32,36-37,46-54,67,75,77,89-91H,8-9,13-14,20,22-23,25-30,33-35H2,2-3H3,(H2,70,92)(H,73,79)(H,78,101)(H,80,93)(H,81,95)(H,82,100)(H,83,99)(H,84,98)(H,85,94)(H,86,97)(H,87,96)(H4,71,72,76)/t46-,47-,48-,49-,50-,51-,52-,53+,54-,67?/m0/s1. The highest BCUT2D eigenvalue weighted by Gasteiger charge is 2.40. The van der Waals surface area contributed by atoms with Crippen molar-refractivity contribution in [1.82, 2.24) is 78.0 Å². The summed E-state index contributed by atoms with van der Waals surface area (Å²) < 4.78 is 0. The number of nitrogens with two attached hydrogens (primary N) is 3. The van der Waals surface area contributed by atoms with Crippen molar-refractivity contribution in [3.8, 4) is 23.8 Å². The number of amides is 11. The van der Waals surface area contributed by atoms with E-state index < -0.39 is 132 Å². The molecule has 103 heavy (non-hydrogen) atoms. The second-order valence-corrected chi connectivity index (χ2v) is 26.4. The molecule has 2 fully saturated rings. The van der Waals surface area contributed by atoms with Crippen LogP contribution in [-0.4, -0.2) is 204 Å². The second kappa shape index (κ2) is 37.4. The largest absolute Gasteiger partial charge is 0.508 e. The number of hydrogen-bond acceptors (Lipinski definition) is 19. The molecular weight excluding hydrogens is 1350 g/mol. The van der Waals surface area contributed by atoms with Crippen LogP contribution < -0.4 is 70.4 Å². The Morgan fingerprint density at radius 3 is 2.06 bits per heavy atom. The molecule has 33 nitrogen and oxygen atoms in total. The van der Waals surface area contributed by atoms with Gasteiger partial charge in [-0.15, -0.1) is 18.2 Å². The van der Waals surface area contributed by atoms with Gasteiger partial charge >= 0.3 is 0 Å². The van der Waals surface area contributed by atoms with Crippen LogP contribution in [-0.2, 0) is 72.0 Å². The van der Waals surface area contributed by atoms with Gasteiger partial charge < -0.3 is 95.2 Å². The highest BCUT2D eigenvalue weighted by atomic mass is 32.2. The number of aromatic nitrogens is 4. The van der Waals surface area contributed by atoms with Crippen LogP contribution in [0.5, 0.6) is 11.5 Å². The van der Waals surface area contributed by atoms with E-state index in [1.54, 1.807) is 62.5 Å². The van der Waals surface area contributed by atoms with E-state index >= 15 is 9.59 Å². The number of nitrogens with one attached hydrogen (secondary N) is 12. The third-order valence-electron chi connectivity index (χ3n) is 17.2. The van der Waals surface area contributed by atoms with Gasteiger partial charge in [-0.05, 0) is 91.5 Å². The van der Waals surface area contributed by atoms with Crippen molar-refractivity contribution in [2.45, 2.75) is 138 Å². The summed E-state index contributed by atoms with van der Waals surface area (Å²) in [4.78, 5) is 175. The van der Waals surface area contributed by atoms with Crippen LogP contribution in [0.4, 0.5) is 0 Å². The number of aromatic amines is 2. The minimum atomic E-state index is -1.85. The number of aromatic hydroxyl groups is 2. The van der Waals surface area contributed by atoms with E-state index in [1.165, 1.54) is 54.0 Å². The van der Waals surface area contributed by atoms with Gasteiger partial charge in [-0.2, -0.15) is 0 Å². The van der Waals surface area contributed by atoms with E-state index in [0.29, 0.717) is 45.1 Å². The van der Waals surface area contributed by atoms with Gasteiger partial charge in [0.25, 0.3) is 0 Å². The van der Waals surface area contributed by atoms with Gasteiger partial charge in [0.15, 0.2) is 5.96 Å². The lowest BCUT2D eigenvalue weighted by molar-refractivity contribution is -0.142. The second-order valence-electron chi connectivity index (χ2n) is 25.3. The lowest BCUT2D eigenvalue weighted by atomic mass is 10.0. The number of phenolic OH excluding ortho intramolecular Hbond substituents is 2. The van der Waals surface area contributed by atoms with Crippen LogP contribution in [0.25, 0.3) is 21.8 Å². The van der Waals surface area contributed by atoms with Crippen molar-refractivity contribution in [3.63, 3.8) is 0 Å². The number of fused-ring (bicyclic) bond motifs is 2. The zero-order valence-corrected chi connectivity index (χ0v) is 57.6. The third-order valence-corrected chi connectivity index (χ3v) is 18.5. The van der Waals surface area contributed by atoms with Crippen molar-refractivity contribution in [2.24, 2.45) is 28.1 Å². The molecule has 5 heterocycles. The zero-order valence-electron chi connectivity index (χ0n) is 56.7. The number of primary amides is 1. The van der Waals surface area contributed by atoms with Gasteiger partial charge in [0, 0.05) is 85.1 Å². The maximum absolute atomic E-state index is 15.3. The lowest BCUT2D eigenvalue weighted by Crippen LogP contribution is -2.62. The van der Waals surface area contributed by atoms with E-state index in [0.717, 1.165) is 11.8 Å². The van der Waals surface area contributed by atoms with Gasteiger partial charge in [-0.3, -0.25) is 68.0 Å². The molecule has 1 unspecified atom stereocenters. The van der Waals surface area contributed by atoms with Gasteiger partial charge in [0.2, 0.25) is 65.0 Å². The molecule has 21 N–H and O–H groups in total. The Morgan fingerprint density at radius 2 is 1.39 bits per heavy atom. The molecule has 3 aromatic carbocycles. The monoisotopic (exact) mass is 1440 g/mol. The number of carbonyl (C=O) groups excluding carboxylic acids is 11. The number of aliphatic hydroxyl groups excluding tert-OH is 1. The third kappa shape index (κ3) is 22.1. The number of guanidine groups is 1. The number of thioether (sulfide) groups is 1. The summed E-state index contributed by atoms with van der Waals surface area (Å²) in [6.07, 6.45) is 12.0. The van der Waals surface area contributed by atoms with Crippen LogP contribution in [0.3, 0.4) is 0 Å². The van der Waals surface area contributed by atoms with Crippen LogP contribution in [0.2, 0.25) is 0 Å². The Morgan fingerprint density at radius 1 is 0.738 bits per heavy atom. The Bertz CT molecular complexity index is 4090. The van der Waals surface area contributed by atoms with Gasteiger partial charge in [0.05, 0.1) is 31.4 Å². The number of aliphatic hydroxyl groups is 1. The number of H-pyrrole nitrogens is 2. The van der Waals surface area contributed by atoms with Gasteiger partial charge in [-0.25, -0.2) is 4.98 Å². The van der Waals surface area contributed by atoms with Crippen molar-refractivity contribution >= 4 is 105 Å². The van der Waals surface area contributed by atoms with Crippen molar-refractivity contribution < 1.29 is 68.1 Å². The minimum absolute atomic E-state index is 0.0191. The van der Waals surface area contributed by atoms with Crippen LogP contribution >= 0.6 is 11.8 Å². The number of rotatable bonds is 37. The number of terminal acetylenes is 1. The smallest absolute Gasteiger partial charge is 0.245 e. The Labute approximate surface area is 596 Å². The fraction of sp³-hybridized carbons (Fsp3) is 0.420. The maximum Gasteiger partial charge on any atom is 0.245 e. The van der Waals surface area contributed by atoms with Crippen molar-refractivity contribution in [2.75, 3.05) is 38.5 Å². The summed E-state index contributed by atoms with van der Waals surface area (Å²) in [5, 5.41) is 59.7. The Hall–Kier alpha value is -11.3. The normalized spacial score (nSPS) is 16.5. The molecule has 6 aromatic rings. The number of carbonyl (C=O) groups is 11. The molecule has 3 aromatic heterocycles. The average molecular weight is 1440 g/mol. The van der Waals surface area contributed by atoms with E-state index in [1.807, 2.05) is 0 Å². The fourth-order valence-corrected chi connectivity index (χ4v) is 13.2. The van der Waals surface area contributed by atoms with Crippen LogP contribution in [0.1, 0.15) is 86.6 Å². The summed E-state index contributed by atoms with van der Waals surface area (Å²) in [5.74, 6) is -7.45. The number of phenols is 2. The first kappa shape index (κ1) is 77.4. The zero-order chi connectivity index (χ0) is 74.3. The molecule has 0 radical (unpaired) electrons. The molecular formula is C69H87N19O14S. The van der Waals surface area contributed by atoms with E-state index in [4.69, 9.17) is 23.6 Å². The molecule has 0 bridgehead atoms. The number of pyridine rings is 1. The first-order chi connectivity index (χ1) is 49.4. The summed E-state index contributed by atoms with van der Waals surface area (Å²) in [7, 11) is 0. The maximum atomic E-state index is 15.3. The SMILES string of the molecule is C#CCNC(SC[C@@H](NC(=O)[C@H](Cc1ccc(O)cc1)NC(=O)[C@H](CO)NC(=O)[C@H](Cc1c[nH]c2ccccc12)NC(=O)[C@H](Cc1cnc[nH]1)NC(=O)[C@@H]1CCC(=O)N1)C(=O)N[C@@H](CC(C)C)C(=O)N[C@@H](CCCN=C(N)N)C(=O)N1CCC[C@H]1C(=O)NCC(N)=O)c1ccc(O)c2ncccc12. The highest BCUT2D eigenvalue weighted by Crippen LogP contribution is 2.35. The quantitative estimate of drug-likeness (QED) is 0.00652. The summed E-state index contributed by atoms with van der Waals surface area (Å²) in [5.41, 5.74) is 19.3. The molecule has 2 aliphatic rings. The Balaban J connectivity index is 1.10. The van der Waals surface area contributed by atoms with Gasteiger partial charge in [0.1, 0.15) is 71.4 Å². The number of para-hydroxylation sites is 1. The number of aliphatic imine (C=N–C) groups is 1. The average Bonchev–Trinajstić information content (AvgIpc) is 1.43. The van der Waals surface area contributed by atoms with E-state index in [9.17, 15) is 58.5 Å². The Kier molecular flexibility index (Phi) is 28.1. The molecule has 10 atom stereocenters.